The average molecular weight is 320 g/mol. The van der Waals surface area contributed by atoms with Gasteiger partial charge >= 0.3 is 0 Å². The molecule has 0 spiro atoms. The number of nitrogens with zero attached hydrogens (tertiary/aromatic N) is 1. The summed E-state index contributed by atoms with van der Waals surface area (Å²) in [5, 5.41) is 3.84. The lowest BCUT2D eigenvalue weighted by Gasteiger charge is -2.12. The van der Waals surface area contributed by atoms with Crippen LogP contribution in [0.15, 0.2) is 59.4 Å². The molecule has 3 aromatic rings. The molecule has 2 aromatic carbocycles. The summed E-state index contributed by atoms with van der Waals surface area (Å²) >= 11 is 0. The van der Waals surface area contributed by atoms with E-state index < -0.39 is 0 Å². The number of hydrogen-bond donors (Lipinski definition) is 1. The lowest BCUT2D eigenvalue weighted by atomic mass is 10.1. The Bertz CT molecular complexity index is 940. The molecular formula is C20H20N2O2. The van der Waals surface area contributed by atoms with Gasteiger partial charge in [-0.15, -0.1) is 0 Å². The fraction of sp³-hybridized carbons (Fsp3) is 0.200. The van der Waals surface area contributed by atoms with Crippen LogP contribution < -0.4 is 10.9 Å². The highest BCUT2D eigenvalue weighted by atomic mass is 16.2. The number of hydrogen-bond acceptors (Lipinski definition) is 2. The van der Waals surface area contributed by atoms with E-state index in [2.05, 4.69) is 5.32 Å². The summed E-state index contributed by atoms with van der Waals surface area (Å²) in [4.78, 5) is 24.7. The van der Waals surface area contributed by atoms with E-state index in [0.717, 1.165) is 16.5 Å². The number of carbonyl (C=O) groups is 1. The van der Waals surface area contributed by atoms with E-state index in [1.54, 1.807) is 6.92 Å². The second kappa shape index (κ2) is 6.71. The minimum Gasteiger partial charge on any atom is -0.350 e. The van der Waals surface area contributed by atoms with Crippen molar-refractivity contribution in [2.24, 2.45) is 0 Å². The number of benzene rings is 2. The van der Waals surface area contributed by atoms with Gasteiger partial charge in [0.15, 0.2) is 0 Å². The summed E-state index contributed by atoms with van der Waals surface area (Å²) in [5.41, 5.74) is 3.51. The molecular weight excluding hydrogens is 300 g/mol. The van der Waals surface area contributed by atoms with Crippen molar-refractivity contribution in [1.29, 1.82) is 0 Å². The molecule has 0 aliphatic rings. The van der Waals surface area contributed by atoms with Crippen LogP contribution in [-0.4, -0.2) is 10.5 Å². The molecule has 0 unspecified atom stereocenters. The Balaban J connectivity index is 1.79. The Morgan fingerprint density at radius 3 is 2.50 bits per heavy atom. The Morgan fingerprint density at radius 2 is 1.75 bits per heavy atom. The number of aromatic nitrogens is 1. The summed E-state index contributed by atoms with van der Waals surface area (Å²) in [7, 11) is 0. The van der Waals surface area contributed by atoms with Gasteiger partial charge in [-0.3, -0.25) is 14.2 Å². The molecule has 3 rings (SSSR count). The van der Waals surface area contributed by atoms with Gasteiger partial charge in [0.05, 0.1) is 5.52 Å². The van der Waals surface area contributed by atoms with Gasteiger partial charge < -0.3 is 5.32 Å². The third-order valence-electron chi connectivity index (χ3n) is 4.09. The first kappa shape index (κ1) is 16.0. The van der Waals surface area contributed by atoms with Crippen molar-refractivity contribution in [1.82, 2.24) is 9.88 Å². The maximum Gasteiger partial charge on any atom is 0.254 e. The van der Waals surface area contributed by atoms with Crippen LogP contribution in [-0.2, 0) is 17.9 Å². The van der Waals surface area contributed by atoms with Crippen LogP contribution in [0.3, 0.4) is 0 Å². The molecule has 122 valence electrons. The van der Waals surface area contributed by atoms with Crippen LogP contribution >= 0.6 is 0 Å². The van der Waals surface area contributed by atoms with E-state index in [0.29, 0.717) is 12.1 Å². The zero-order valence-corrected chi connectivity index (χ0v) is 13.9. The first-order valence-electron chi connectivity index (χ1n) is 7.96. The van der Waals surface area contributed by atoms with Crippen LogP contribution in [0.4, 0.5) is 0 Å². The van der Waals surface area contributed by atoms with E-state index >= 15 is 0 Å². The Kier molecular flexibility index (Phi) is 4.47. The Hall–Kier alpha value is -2.88. The van der Waals surface area contributed by atoms with Crippen molar-refractivity contribution in [3.05, 3.63) is 81.6 Å². The summed E-state index contributed by atoms with van der Waals surface area (Å²) in [6, 6.07) is 17.5. The topological polar surface area (TPSA) is 51.1 Å². The lowest BCUT2D eigenvalue weighted by Crippen LogP contribution is -2.32. The van der Waals surface area contributed by atoms with Gasteiger partial charge in [-0.1, -0.05) is 48.0 Å². The molecule has 0 saturated carbocycles. The highest BCUT2D eigenvalue weighted by Crippen LogP contribution is 2.13. The van der Waals surface area contributed by atoms with Gasteiger partial charge in [0.25, 0.3) is 5.56 Å². The second-order valence-electron chi connectivity index (χ2n) is 6.04. The molecule has 1 N–H and O–H groups in total. The summed E-state index contributed by atoms with van der Waals surface area (Å²) < 4.78 is 1.54. The fourth-order valence-electron chi connectivity index (χ4n) is 2.74. The minimum atomic E-state index is -0.173. The maximum atomic E-state index is 12.4. The average Bonchev–Trinajstić information content (AvgIpc) is 2.58. The van der Waals surface area contributed by atoms with Crippen molar-refractivity contribution in [2.75, 3.05) is 0 Å². The van der Waals surface area contributed by atoms with Crippen molar-refractivity contribution >= 4 is 16.8 Å². The standard InChI is InChI=1S/C20H20N2O2/c1-14-7-9-16(10-8-14)12-21-19(23)13-22-18-6-4-3-5-17(18)11-15(2)20(22)24/h3-11H,12-13H2,1-2H3,(H,21,23). The van der Waals surface area contributed by atoms with Gasteiger partial charge in [0.2, 0.25) is 5.91 Å². The SMILES string of the molecule is Cc1ccc(CNC(=O)Cn2c(=O)c(C)cc3ccccc32)cc1. The van der Waals surface area contributed by atoms with Gasteiger partial charge in [0.1, 0.15) is 6.54 Å². The third kappa shape index (κ3) is 3.38. The van der Waals surface area contributed by atoms with Crippen LogP contribution in [0.25, 0.3) is 10.9 Å². The van der Waals surface area contributed by atoms with Crippen LogP contribution in [0.5, 0.6) is 0 Å². The van der Waals surface area contributed by atoms with Crippen LogP contribution in [0.2, 0.25) is 0 Å². The van der Waals surface area contributed by atoms with E-state index in [-0.39, 0.29) is 18.0 Å². The molecule has 1 aromatic heterocycles. The zero-order valence-electron chi connectivity index (χ0n) is 13.9. The van der Waals surface area contributed by atoms with Crippen molar-refractivity contribution in [3.63, 3.8) is 0 Å². The fourth-order valence-corrected chi connectivity index (χ4v) is 2.74. The van der Waals surface area contributed by atoms with Crippen LogP contribution in [0, 0.1) is 13.8 Å². The maximum absolute atomic E-state index is 12.4. The van der Waals surface area contributed by atoms with Gasteiger partial charge in [-0.25, -0.2) is 0 Å². The van der Waals surface area contributed by atoms with Crippen molar-refractivity contribution < 1.29 is 4.79 Å². The second-order valence-corrected chi connectivity index (χ2v) is 6.04. The van der Waals surface area contributed by atoms with Crippen LogP contribution in [0.1, 0.15) is 16.7 Å². The summed E-state index contributed by atoms with van der Waals surface area (Å²) in [6.07, 6.45) is 0. The van der Waals surface area contributed by atoms with E-state index in [9.17, 15) is 9.59 Å². The number of aryl methyl sites for hydroxylation is 2. The van der Waals surface area contributed by atoms with E-state index in [1.807, 2.05) is 61.5 Å². The predicted octanol–water partition coefficient (Wildman–Crippen LogP) is 2.93. The molecule has 0 radical (unpaired) electrons. The van der Waals surface area contributed by atoms with Gasteiger partial charge in [0, 0.05) is 12.1 Å². The first-order chi connectivity index (χ1) is 11.5. The Labute approximate surface area is 140 Å². The third-order valence-corrected chi connectivity index (χ3v) is 4.09. The predicted molar refractivity (Wildman–Crippen MR) is 96.0 cm³/mol. The largest absolute Gasteiger partial charge is 0.350 e. The molecule has 24 heavy (non-hydrogen) atoms. The van der Waals surface area contributed by atoms with E-state index in [4.69, 9.17) is 0 Å². The number of carbonyl (C=O) groups excluding carboxylic acids is 1. The Morgan fingerprint density at radius 1 is 1.04 bits per heavy atom. The van der Waals surface area contributed by atoms with Gasteiger partial charge in [-0.2, -0.15) is 0 Å². The van der Waals surface area contributed by atoms with Gasteiger partial charge in [-0.05, 0) is 36.9 Å². The minimum absolute atomic E-state index is 0.0207. The molecule has 0 atom stereocenters. The molecule has 0 aliphatic heterocycles. The van der Waals surface area contributed by atoms with E-state index in [1.165, 1.54) is 10.1 Å². The molecule has 0 saturated heterocycles. The molecule has 1 amide bonds. The van der Waals surface area contributed by atoms with Crippen molar-refractivity contribution in [2.45, 2.75) is 26.9 Å². The number of para-hydroxylation sites is 1. The number of fused-ring (bicyclic) bond motifs is 1. The molecule has 1 heterocycles. The summed E-state index contributed by atoms with van der Waals surface area (Å²) in [5.74, 6) is -0.173. The quantitative estimate of drug-likeness (QED) is 0.803. The van der Waals surface area contributed by atoms with Crippen molar-refractivity contribution in [3.8, 4) is 0 Å². The molecule has 0 aliphatic carbocycles. The zero-order chi connectivity index (χ0) is 17.1. The smallest absolute Gasteiger partial charge is 0.254 e. The highest BCUT2D eigenvalue weighted by molar-refractivity contribution is 5.82. The number of nitrogens with one attached hydrogen (secondary N) is 1. The lowest BCUT2D eigenvalue weighted by molar-refractivity contribution is -0.121. The number of rotatable bonds is 4. The normalized spacial score (nSPS) is 10.8. The monoisotopic (exact) mass is 320 g/mol. The molecule has 4 heteroatoms. The molecule has 4 nitrogen and oxygen atoms in total. The summed E-state index contributed by atoms with van der Waals surface area (Å²) in [6.45, 7) is 4.28. The first-order valence-corrected chi connectivity index (χ1v) is 7.96. The highest BCUT2D eigenvalue weighted by Gasteiger charge is 2.10. The number of amides is 1. The number of pyridine rings is 1. The molecule has 0 fully saturated rings. The molecule has 0 bridgehead atoms.